The number of anilines is 1. The zero-order valence-corrected chi connectivity index (χ0v) is 16.3. The van der Waals surface area contributed by atoms with Crippen LogP contribution < -0.4 is 10.6 Å². The van der Waals surface area contributed by atoms with Gasteiger partial charge in [0, 0.05) is 29.0 Å². The maximum Gasteiger partial charge on any atom is 0.0382 e. The maximum absolute atomic E-state index is 4.77. The third-order valence-corrected chi connectivity index (χ3v) is 4.69. The van der Waals surface area contributed by atoms with E-state index in [0.29, 0.717) is 5.92 Å². The predicted octanol–water partition coefficient (Wildman–Crippen LogP) is 6.22. The highest BCUT2D eigenvalue weighted by Gasteiger charge is 2.21. The van der Waals surface area contributed by atoms with Crippen molar-refractivity contribution in [3.63, 3.8) is 0 Å². The summed E-state index contributed by atoms with van der Waals surface area (Å²) < 4.78 is 0. The van der Waals surface area contributed by atoms with Crippen molar-refractivity contribution < 1.29 is 0 Å². The predicted molar refractivity (Wildman–Crippen MR) is 112 cm³/mol. The molecule has 3 heteroatoms. The van der Waals surface area contributed by atoms with Crippen LogP contribution >= 0.6 is 12.6 Å². The second kappa shape index (κ2) is 11.0. The number of hydrogen-bond donors (Lipinski definition) is 3. The van der Waals surface area contributed by atoms with Crippen LogP contribution in [0.2, 0.25) is 0 Å². The quantitative estimate of drug-likeness (QED) is 0.421. The normalized spacial score (nSPS) is 15.0. The van der Waals surface area contributed by atoms with Crippen LogP contribution in [-0.2, 0) is 0 Å². The van der Waals surface area contributed by atoms with Gasteiger partial charge >= 0.3 is 0 Å². The summed E-state index contributed by atoms with van der Waals surface area (Å²) in [4.78, 5) is 1.07. The summed E-state index contributed by atoms with van der Waals surface area (Å²) in [6.45, 7) is 11.3. The van der Waals surface area contributed by atoms with Crippen LogP contribution in [0.15, 0.2) is 54.9 Å². The van der Waals surface area contributed by atoms with Crippen molar-refractivity contribution in [3.8, 4) is 0 Å². The minimum Gasteiger partial charge on any atom is -0.390 e. The molecule has 0 aromatic heterocycles. The van der Waals surface area contributed by atoms with Crippen LogP contribution in [-0.4, -0.2) is 7.05 Å². The minimum absolute atomic E-state index is 0.639. The molecule has 1 aromatic rings. The van der Waals surface area contributed by atoms with Crippen LogP contribution in [0.3, 0.4) is 0 Å². The smallest absolute Gasteiger partial charge is 0.0382 e. The molecule has 1 aromatic carbocycles. The summed E-state index contributed by atoms with van der Waals surface area (Å²) in [5, 5.41) is 6.68. The fourth-order valence-corrected chi connectivity index (χ4v) is 3.33. The van der Waals surface area contributed by atoms with Crippen molar-refractivity contribution in [2.75, 3.05) is 12.4 Å². The number of benzene rings is 1. The first-order valence-electron chi connectivity index (χ1n) is 8.80. The van der Waals surface area contributed by atoms with Crippen molar-refractivity contribution >= 4 is 23.2 Å². The Labute approximate surface area is 153 Å². The Kier molecular flexibility index (Phi) is 9.39. The van der Waals surface area contributed by atoms with Gasteiger partial charge in [-0.05, 0) is 49.8 Å². The molecule has 0 aliphatic heterocycles. The molecule has 0 heterocycles. The minimum atomic E-state index is 0.639. The highest BCUT2D eigenvalue weighted by molar-refractivity contribution is 7.90. The van der Waals surface area contributed by atoms with Gasteiger partial charge in [0.2, 0.25) is 0 Å². The van der Waals surface area contributed by atoms with E-state index in [0.717, 1.165) is 22.7 Å². The molecule has 0 radical (unpaired) electrons. The van der Waals surface area contributed by atoms with E-state index in [2.05, 4.69) is 55.0 Å². The topological polar surface area (TPSA) is 24.1 Å². The number of hydrogen-bond acceptors (Lipinski definition) is 3. The Hall–Kier alpha value is -1.61. The van der Waals surface area contributed by atoms with E-state index < -0.39 is 0 Å². The Morgan fingerprint density at radius 1 is 1.25 bits per heavy atom. The molecular formula is C21H32N2S. The highest BCUT2D eigenvalue weighted by Crippen LogP contribution is 2.35. The number of thiol groups is 1. The molecule has 2 rings (SSSR count). The van der Waals surface area contributed by atoms with Gasteiger partial charge in [-0.3, -0.25) is 0 Å². The Balaban J connectivity index is 0.000000891. The van der Waals surface area contributed by atoms with Crippen molar-refractivity contribution in [1.82, 2.24) is 5.32 Å². The van der Waals surface area contributed by atoms with Crippen LogP contribution in [0.4, 0.5) is 5.69 Å². The summed E-state index contributed by atoms with van der Waals surface area (Å²) in [6, 6.07) is 8.43. The average Bonchev–Trinajstić information content (AvgIpc) is 3.11. The zero-order chi connectivity index (χ0) is 17.9. The lowest BCUT2D eigenvalue weighted by Gasteiger charge is -2.18. The third-order valence-electron chi connectivity index (χ3n) is 4.19. The Morgan fingerprint density at radius 3 is 2.25 bits per heavy atom. The Bertz CT molecular complexity index is 552. The van der Waals surface area contributed by atoms with Crippen molar-refractivity contribution in [2.24, 2.45) is 5.92 Å². The van der Waals surface area contributed by atoms with Crippen molar-refractivity contribution in [1.29, 1.82) is 0 Å². The van der Waals surface area contributed by atoms with Crippen molar-refractivity contribution in [3.05, 3.63) is 60.5 Å². The molecule has 1 saturated carbocycles. The van der Waals surface area contributed by atoms with E-state index in [9.17, 15) is 0 Å². The second-order valence-corrected chi connectivity index (χ2v) is 6.51. The van der Waals surface area contributed by atoms with Gasteiger partial charge in [-0.1, -0.05) is 44.6 Å². The van der Waals surface area contributed by atoms with Gasteiger partial charge in [0.25, 0.3) is 0 Å². The van der Waals surface area contributed by atoms with E-state index in [4.69, 9.17) is 12.6 Å². The molecule has 1 fully saturated rings. The van der Waals surface area contributed by atoms with Gasteiger partial charge in [0.15, 0.2) is 0 Å². The first kappa shape index (κ1) is 20.4. The highest BCUT2D eigenvalue weighted by atomic mass is 32.1. The maximum atomic E-state index is 4.77. The lowest BCUT2D eigenvalue weighted by atomic mass is 10.0. The van der Waals surface area contributed by atoms with E-state index in [1.54, 1.807) is 6.08 Å². The second-order valence-electron chi connectivity index (χ2n) is 6.06. The van der Waals surface area contributed by atoms with Gasteiger partial charge in [-0.15, -0.1) is 19.2 Å². The summed E-state index contributed by atoms with van der Waals surface area (Å²) in [5.41, 5.74) is 4.57. The number of nitrogens with one attached hydrogen (secondary N) is 2. The zero-order valence-electron chi connectivity index (χ0n) is 15.4. The molecule has 0 spiro atoms. The van der Waals surface area contributed by atoms with Crippen LogP contribution in [0.1, 0.15) is 51.5 Å². The lowest BCUT2D eigenvalue weighted by molar-refractivity contribution is 0.605. The lowest BCUT2D eigenvalue weighted by Crippen LogP contribution is -2.15. The van der Waals surface area contributed by atoms with Gasteiger partial charge in [-0.2, -0.15) is 0 Å². The van der Waals surface area contributed by atoms with E-state index >= 15 is 0 Å². The number of allylic oxidation sites excluding steroid dienone is 3. The molecular weight excluding hydrogens is 312 g/mol. The molecule has 0 atom stereocenters. The van der Waals surface area contributed by atoms with Crippen LogP contribution in [0.5, 0.6) is 0 Å². The van der Waals surface area contributed by atoms with E-state index in [-0.39, 0.29) is 0 Å². The monoisotopic (exact) mass is 344 g/mol. The van der Waals surface area contributed by atoms with Crippen molar-refractivity contribution in [2.45, 2.75) is 46.0 Å². The average molecular weight is 345 g/mol. The fourth-order valence-electron chi connectivity index (χ4n) is 2.89. The molecule has 0 unspecified atom stereocenters. The molecule has 0 bridgehead atoms. The van der Waals surface area contributed by atoms with Gasteiger partial charge < -0.3 is 10.6 Å². The first-order valence-corrected chi connectivity index (χ1v) is 9.25. The van der Waals surface area contributed by atoms with E-state index in [1.807, 2.05) is 14.0 Å². The fraction of sp³-hybridized carbons (Fsp3) is 0.429. The molecule has 2 N–H and O–H groups in total. The number of rotatable bonds is 6. The largest absolute Gasteiger partial charge is 0.390 e. The molecule has 1 aliphatic carbocycles. The first-order chi connectivity index (χ1) is 11.6. The van der Waals surface area contributed by atoms with Gasteiger partial charge in [-0.25, -0.2) is 0 Å². The summed E-state index contributed by atoms with van der Waals surface area (Å²) >= 11 is 4.77. The summed E-state index contributed by atoms with van der Waals surface area (Å²) in [5.74, 6) is 0.639. The summed E-state index contributed by atoms with van der Waals surface area (Å²) in [6.07, 6.45) is 7.90. The third kappa shape index (κ3) is 6.12. The van der Waals surface area contributed by atoms with E-state index in [1.165, 1.54) is 36.9 Å². The van der Waals surface area contributed by atoms with Crippen LogP contribution in [0, 0.1) is 5.92 Å². The van der Waals surface area contributed by atoms with Gasteiger partial charge in [0.05, 0.1) is 0 Å². The summed E-state index contributed by atoms with van der Waals surface area (Å²) in [7, 11) is 2.00. The molecule has 1 aliphatic rings. The molecule has 132 valence electrons. The SMILES string of the molecule is C=C(CC)Nc1ccc(/C(S)=C(/NC)C2CCCC2)cc1.C=CC. The molecule has 0 amide bonds. The van der Waals surface area contributed by atoms with Crippen LogP contribution in [0.25, 0.3) is 4.91 Å². The molecule has 0 saturated heterocycles. The molecule has 2 nitrogen and oxygen atoms in total. The molecule has 24 heavy (non-hydrogen) atoms. The van der Waals surface area contributed by atoms with Gasteiger partial charge in [0.1, 0.15) is 0 Å². The Morgan fingerprint density at radius 2 is 1.79 bits per heavy atom. The standard InChI is InChI=1S/C18H26N2S.C3H6/c1-4-13(2)20-16-11-9-15(10-12-16)18(21)17(19-3)14-7-5-6-8-14;1-3-2/h9-12,14,19-21H,2,4-8H2,1,3H3;3H,1H2,2H3/b18-17-;.